The molecule has 27 heavy (non-hydrogen) atoms. The molecule has 4 rings (SSSR count). The molecule has 2 aromatic carbocycles. The Morgan fingerprint density at radius 1 is 1.11 bits per heavy atom. The van der Waals surface area contributed by atoms with Gasteiger partial charge in [0.05, 0.1) is 12.2 Å². The van der Waals surface area contributed by atoms with Gasteiger partial charge in [0, 0.05) is 30.7 Å². The average molecular weight is 360 g/mol. The Kier molecular flexibility index (Phi) is 4.87. The van der Waals surface area contributed by atoms with Gasteiger partial charge in [-0.2, -0.15) is 0 Å². The molecule has 2 heterocycles. The number of urea groups is 1. The summed E-state index contributed by atoms with van der Waals surface area (Å²) in [4.78, 5) is 16.1. The van der Waals surface area contributed by atoms with E-state index in [1.54, 1.807) is 12.4 Å². The van der Waals surface area contributed by atoms with E-state index in [9.17, 15) is 4.79 Å². The molecule has 136 valence electrons. The van der Waals surface area contributed by atoms with E-state index in [4.69, 9.17) is 4.74 Å². The predicted octanol–water partition coefficient (Wildman–Crippen LogP) is 3.95. The highest BCUT2D eigenvalue weighted by molar-refractivity contribution is 5.90. The number of fused-ring (bicyclic) bond motifs is 1. The van der Waals surface area contributed by atoms with Crippen LogP contribution in [0.1, 0.15) is 17.2 Å². The van der Waals surface area contributed by atoms with Crippen LogP contribution in [0.2, 0.25) is 0 Å². The zero-order valence-corrected chi connectivity index (χ0v) is 14.7. The first-order chi connectivity index (χ1) is 13.3. The normalized spacial score (nSPS) is 15.0. The number of hydrogen-bond acceptors (Lipinski definition) is 4. The van der Waals surface area contributed by atoms with Crippen molar-refractivity contribution in [2.75, 3.05) is 17.2 Å². The number of anilines is 2. The molecular weight excluding hydrogens is 340 g/mol. The molecule has 0 spiro atoms. The summed E-state index contributed by atoms with van der Waals surface area (Å²) in [5.74, 6) is 0.724. The van der Waals surface area contributed by atoms with Gasteiger partial charge in [-0.3, -0.25) is 4.98 Å². The van der Waals surface area contributed by atoms with Crippen molar-refractivity contribution in [3.8, 4) is 5.75 Å². The van der Waals surface area contributed by atoms with E-state index >= 15 is 0 Å². The van der Waals surface area contributed by atoms with E-state index < -0.39 is 0 Å². The van der Waals surface area contributed by atoms with E-state index in [1.807, 2.05) is 60.7 Å². The molecular formula is C21H20N4O2. The van der Waals surface area contributed by atoms with Crippen LogP contribution < -0.4 is 20.7 Å². The maximum Gasteiger partial charge on any atom is 0.319 e. The number of rotatable bonds is 4. The quantitative estimate of drug-likeness (QED) is 0.659. The van der Waals surface area contributed by atoms with Crippen molar-refractivity contribution in [3.05, 3.63) is 84.2 Å². The van der Waals surface area contributed by atoms with Crippen molar-refractivity contribution >= 4 is 17.4 Å². The number of pyridine rings is 1. The number of aromatic nitrogens is 1. The Balaban J connectivity index is 1.40. The first-order valence-corrected chi connectivity index (χ1v) is 8.81. The lowest BCUT2D eigenvalue weighted by molar-refractivity contribution is 0.210. The van der Waals surface area contributed by atoms with Gasteiger partial charge in [0.1, 0.15) is 11.9 Å². The van der Waals surface area contributed by atoms with E-state index in [1.165, 1.54) is 0 Å². The van der Waals surface area contributed by atoms with Gasteiger partial charge < -0.3 is 20.7 Å². The fourth-order valence-corrected chi connectivity index (χ4v) is 2.95. The van der Waals surface area contributed by atoms with Gasteiger partial charge in [-0.15, -0.1) is 0 Å². The van der Waals surface area contributed by atoms with Gasteiger partial charge in [-0.25, -0.2) is 4.79 Å². The van der Waals surface area contributed by atoms with E-state index in [0.29, 0.717) is 18.8 Å². The van der Waals surface area contributed by atoms with Crippen molar-refractivity contribution in [2.45, 2.75) is 12.6 Å². The zero-order valence-electron chi connectivity index (χ0n) is 14.7. The van der Waals surface area contributed by atoms with Gasteiger partial charge in [0.15, 0.2) is 0 Å². The monoisotopic (exact) mass is 360 g/mol. The molecule has 6 heteroatoms. The smallest absolute Gasteiger partial charge is 0.319 e. The summed E-state index contributed by atoms with van der Waals surface area (Å²) in [6.07, 6.45) is 3.34. The number of ether oxygens (including phenoxy) is 1. The number of benzene rings is 2. The molecule has 6 nitrogen and oxygen atoms in total. The molecule has 0 saturated carbocycles. The van der Waals surface area contributed by atoms with E-state index in [0.717, 1.165) is 22.6 Å². The van der Waals surface area contributed by atoms with Crippen molar-refractivity contribution in [3.63, 3.8) is 0 Å². The number of amides is 2. The molecule has 0 saturated heterocycles. The summed E-state index contributed by atoms with van der Waals surface area (Å²) in [5.41, 5.74) is 3.70. The average Bonchev–Trinajstić information content (AvgIpc) is 2.73. The molecule has 1 aliphatic heterocycles. The van der Waals surface area contributed by atoms with Gasteiger partial charge in [0.25, 0.3) is 0 Å². The van der Waals surface area contributed by atoms with Crippen LogP contribution in [-0.4, -0.2) is 17.6 Å². The minimum absolute atomic E-state index is 0.0607. The molecule has 1 unspecified atom stereocenters. The molecule has 3 N–H and O–H groups in total. The summed E-state index contributed by atoms with van der Waals surface area (Å²) in [5, 5.41) is 9.05. The third-order valence-corrected chi connectivity index (χ3v) is 4.36. The van der Waals surface area contributed by atoms with Crippen molar-refractivity contribution in [2.24, 2.45) is 0 Å². The Hall–Kier alpha value is -3.54. The van der Waals surface area contributed by atoms with Crippen LogP contribution in [0.5, 0.6) is 5.75 Å². The van der Waals surface area contributed by atoms with Crippen LogP contribution in [0.4, 0.5) is 16.2 Å². The van der Waals surface area contributed by atoms with Crippen LogP contribution >= 0.6 is 0 Å². The molecule has 1 aliphatic rings. The van der Waals surface area contributed by atoms with E-state index in [2.05, 4.69) is 20.9 Å². The fourth-order valence-electron chi connectivity index (χ4n) is 2.95. The molecule has 0 bridgehead atoms. The molecule has 1 aromatic heterocycles. The maximum atomic E-state index is 12.1. The zero-order chi connectivity index (χ0) is 18.5. The molecule has 1 atom stereocenters. The Labute approximate surface area is 157 Å². The number of carbonyl (C=O) groups is 1. The minimum Gasteiger partial charge on any atom is -0.482 e. The van der Waals surface area contributed by atoms with Gasteiger partial charge in [0.2, 0.25) is 0 Å². The molecule has 2 amide bonds. The van der Waals surface area contributed by atoms with Gasteiger partial charge in [-0.05, 0) is 35.4 Å². The van der Waals surface area contributed by atoms with Crippen LogP contribution in [0.25, 0.3) is 0 Å². The first kappa shape index (κ1) is 16.9. The highest BCUT2D eigenvalue weighted by Gasteiger charge is 2.21. The second-order valence-corrected chi connectivity index (χ2v) is 6.27. The topological polar surface area (TPSA) is 75.3 Å². The van der Waals surface area contributed by atoms with Crippen molar-refractivity contribution in [1.82, 2.24) is 10.3 Å². The van der Waals surface area contributed by atoms with Crippen molar-refractivity contribution < 1.29 is 9.53 Å². The van der Waals surface area contributed by atoms with Crippen LogP contribution in [0.15, 0.2) is 73.1 Å². The van der Waals surface area contributed by atoms with Crippen molar-refractivity contribution in [1.29, 1.82) is 0 Å². The second-order valence-electron chi connectivity index (χ2n) is 6.27. The Bertz CT molecular complexity index is 916. The predicted molar refractivity (Wildman–Crippen MR) is 105 cm³/mol. The SMILES string of the molecule is O=C(NCc1ccncc1)Nc1ccc2c(c1)OC(c1ccccc1)CN2. The number of hydrogen-bond donors (Lipinski definition) is 3. The van der Waals surface area contributed by atoms with E-state index in [-0.39, 0.29) is 12.1 Å². The lowest BCUT2D eigenvalue weighted by Crippen LogP contribution is -2.28. The molecule has 0 fully saturated rings. The minimum atomic E-state index is -0.268. The molecule has 0 aliphatic carbocycles. The second kappa shape index (κ2) is 7.78. The lowest BCUT2D eigenvalue weighted by Gasteiger charge is -2.28. The molecule has 3 aromatic rings. The summed E-state index contributed by atoms with van der Waals surface area (Å²) < 4.78 is 6.13. The number of nitrogens with one attached hydrogen (secondary N) is 3. The number of nitrogens with zero attached hydrogens (tertiary/aromatic N) is 1. The highest BCUT2D eigenvalue weighted by atomic mass is 16.5. The lowest BCUT2D eigenvalue weighted by atomic mass is 10.1. The Morgan fingerprint density at radius 2 is 1.93 bits per heavy atom. The third kappa shape index (κ3) is 4.17. The Morgan fingerprint density at radius 3 is 2.74 bits per heavy atom. The van der Waals surface area contributed by atoms with Crippen LogP contribution in [0.3, 0.4) is 0 Å². The standard InChI is InChI=1S/C21H20N4O2/c26-21(24-13-15-8-10-22-11-9-15)25-17-6-7-18-19(12-17)27-20(14-23-18)16-4-2-1-3-5-16/h1-12,20,23H,13-14H2,(H2,24,25,26). The maximum absolute atomic E-state index is 12.1. The molecule has 0 radical (unpaired) electrons. The van der Waals surface area contributed by atoms with Gasteiger partial charge >= 0.3 is 6.03 Å². The summed E-state index contributed by atoms with van der Waals surface area (Å²) in [6.45, 7) is 1.14. The largest absolute Gasteiger partial charge is 0.482 e. The first-order valence-electron chi connectivity index (χ1n) is 8.81. The highest BCUT2D eigenvalue weighted by Crippen LogP contribution is 2.36. The summed E-state index contributed by atoms with van der Waals surface area (Å²) in [6, 6.07) is 19.1. The van der Waals surface area contributed by atoms with Crippen LogP contribution in [0, 0.1) is 0 Å². The van der Waals surface area contributed by atoms with Crippen LogP contribution in [-0.2, 0) is 6.54 Å². The summed E-state index contributed by atoms with van der Waals surface area (Å²) >= 11 is 0. The summed E-state index contributed by atoms with van der Waals surface area (Å²) in [7, 11) is 0. The fraction of sp³-hybridized carbons (Fsp3) is 0.143. The van der Waals surface area contributed by atoms with Gasteiger partial charge in [-0.1, -0.05) is 30.3 Å². The third-order valence-electron chi connectivity index (χ3n) is 4.36. The number of carbonyl (C=O) groups excluding carboxylic acids is 1.